The molecule has 1 aromatic carbocycles. The van der Waals surface area contributed by atoms with Gasteiger partial charge in [-0.25, -0.2) is 4.39 Å². The minimum Gasteiger partial charge on any atom is -0.366 e. The number of hydrogen-bond acceptors (Lipinski definition) is 3. The molecule has 1 atom stereocenters. The molecular formula is C17H22FN3. The van der Waals surface area contributed by atoms with Gasteiger partial charge in [0.2, 0.25) is 0 Å². The molecule has 2 aromatic rings. The number of benzene rings is 1. The summed E-state index contributed by atoms with van der Waals surface area (Å²) in [5, 5.41) is 3.29. The van der Waals surface area contributed by atoms with Crippen LogP contribution in [-0.4, -0.2) is 18.6 Å². The van der Waals surface area contributed by atoms with Crippen LogP contribution in [-0.2, 0) is 6.54 Å². The second-order valence-corrected chi connectivity index (χ2v) is 5.17. The zero-order chi connectivity index (χ0) is 15.2. The van der Waals surface area contributed by atoms with E-state index in [0.29, 0.717) is 12.2 Å². The predicted molar refractivity (Wildman–Crippen MR) is 84.8 cm³/mol. The van der Waals surface area contributed by atoms with E-state index in [1.54, 1.807) is 12.3 Å². The molecule has 2 rings (SSSR count). The first-order valence-corrected chi connectivity index (χ1v) is 7.25. The summed E-state index contributed by atoms with van der Waals surface area (Å²) >= 11 is 0. The standard InChI is InChI=1S/C17H22FN3/c1-4-19-13(2)14-8-9-17(16(18)11-14)21(3)12-15-7-5-6-10-20-15/h5-11,13,19H,4,12H2,1-3H3. The molecule has 4 heteroatoms. The van der Waals surface area contributed by atoms with Gasteiger partial charge in [0, 0.05) is 19.3 Å². The van der Waals surface area contributed by atoms with Gasteiger partial charge >= 0.3 is 0 Å². The summed E-state index contributed by atoms with van der Waals surface area (Å²) < 4.78 is 14.3. The van der Waals surface area contributed by atoms with Crippen LogP contribution in [0.15, 0.2) is 42.6 Å². The van der Waals surface area contributed by atoms with Gasteiger partial charge in [0.25, 0.3) is 0 Å². The molecule has 1 unspecified atom stereocenters. The number of nitrogens with zero attached hydrogens (tertiary/aromatic N) is 2. The minimum atomic E-state index is -0.198. The fourth-order valence-corrected chi connectivity index (χ4v) is 2.35. The van der Waals surface area contributed by atoms with E-state index in [4.69, 9.17) is 0 Å². The zero-order valence-corrected chi connectivity index (χ0v) is 12.8. The van der Waals surface area contributed by atoms with Crippen molar-refractivity contribution in [3.05, 3.63) is 59.7 Å². The Kier molecular flexibility index (Phi) is 5.28. The van der Waals surface area contributed by atoms with Gasteiger partial charge < -0.3 is 10.2 Å². The molecule has 112 valence electrons. The van der Waals surface area contributed by atoms with E-state index in [-0.39, 0.29) is 11.9 Å². The third kappa shape index (κ3) is 4.02. The molecule has 1 heterocycles. The lowest BCUT2D eigenvalue weighted by molar-refractivity contribution is 0.581. The Hall–Kier alpha value is -1.94. The minimum absolute atomic E-state index is 0.152. The van der Waals surface area contributed by atoms with Crippen molar-refractivity contribution in [2.45, 2.75) is 26.4 Å². The Morgan fingerprint density at radius 2 is 2.10 bits per heavy atom. The van der Waals surface area contributed by atoms with Crippen molar-refractivity contribution >= 4 is 5.69 Å². The second-order valence-electron chi connectivity index (χ2n) is 5.17. The summed E-state index contributed by atoms with van der Waals surface area (Å²) in [6.45, 7) is 5.53. The first kappa shape index (κ1) is 15.4. The lowest BCUT2D eigenvalue weighted by atomic mass is 10.1. The zero-order valence-electron chi connectivity index (χ0n) is 12.8. The number of rotatable bonds is 6. The van der Waals surface area contributed by atoms with Crippen molar-refractivity contribution in [1.82, 2.24) is 10.3 Å². The fraction of sp³-hybridized carbons (Fsp3) is 0.353. The van der Waals surface area contributed by atoms with Gasteiger partial charge in [-0.05, 0) is 43.3 Å². The number of nitrogens with one attached hydrogen (secondary N) is 1. The van der Waals surface area contributed by atoms with Crippen molar-refractivity contribution in [3.63, 3.8) is 0 Å². The molecule has 21 heavy (non-hydrogen) atoms. The summed E-state index contributed by atoms with van der Waals surface area (Å²) in [7, 11) is 1.88. The molecule has 0 aliphatic carbocycles. The molecular weight excluding hydrogens is 265 g/mol. The highest BCUT2D eigenvalue weighted by Gasteiger charge is 2.12. The van der Waals surface area contributed by atoms with Gasteiger partial charge in [0.15, 0.2) is 0 Å². The monoisotopic (exact) mass is 287 g/mol. The average Bonchev–Trinajstić information content (AvgIpc) is 2.48. The molecule has 0 radical (unpaired) electrons. The average molecular weight is 287 g/mol. The first-order chi connectivity index (χ1) is 10.1. The predicted octanol–water partition coefficient (Wildman–Crippen LogP) is 3.53. The van der Waals surface area contributed by atoms with Crippen LogP contribution >= 0.6 is 0 Å². The lowest BCUT2D eigenvalue weighted by Crippen LogP contribution is -2.20. The van der Waals surface area contributed by atoms with Crippen LogP contribution in [0.25, 0.3) is 0 Å². The topological polar surface area (TPSA) is 28.2 Å². The van der Waals surface area contributed by atoms with E-state index in [1.165, 1.54) is 0 Å². The van der Waals surface area contributed by atoms with Gasteiger partial charge in [0.05, 0.1) is 17.9 Å². The van der Waals surface area contributed by atoms with Crippen LogP contribution in [0.1, 0.15) is 31.1 Å². The van der Waals surface area contributed by atoms with Crippen LogP contribution in [0.2, 0.25) is 0 Å². The highest BCUT2D eigenvalue weighted by Crippen LogP contribution is 2.23. The number of halogens is 1. The van der Waals surface area contributed by atoms with Crippen LogP contribution in [0.5, 0.6) is 0 Å². The summed E-state index contributed by atoms with van der Waals surface area (Å²) in [6, 6.07) is 11.3. The number of anilines is 1. The molecule has 1 aromatic heterocycles. The van der Waals surface area contributed by atoms with E-state index in [1.807, 2.05) is 56.1 Å². The number of hydrogen-bond donors (Lipinski definition) is 1. The molecule has 0 spiro atoms. The SMILES string of the molecule is CCNC(C)c1ccc(N(C)Cc2ccccn2)c(F)c1. The molecule has 0 bridgehead atoms. The maximum Gasteiger partial charge on any atom is 0.146 e. The molecule has 0 fully saturated rings. The van der Waals surface area contributed by atoms with E-state index >= 15 is 0 Å². The van der Waals surface area contributed by atoms with Crippen LogP contribution in [0, 0.1) is 5.82 Å². The molecule has 0 aliphatic heterocycles. The highest BCUT2D eigenvalue weighted by molar-refractivity contribution is 5.49. The van der Waals surface area contributed by atoms with Gasteiger partial charge in [-0.2, -0.15) is 0 Å². The summed E-state index contributed by atoms with van der Waals surface area (Å²) in [5.41, 5.74) is 2.47. The quantitative estimate of drug-likeness (QED) is 0.881. The van der Waals surface area contributed by atoms with Gasteiger partial charge in [-0.1, -0.05) is 19.1 Å². The summed E-state index contributed by atoms with van der Waals surface area (Å²) in [4.78, 5) is 6.14. The Balaban J connectivity index is 2.13. The first-order valence-electron chi connectivity index (χ1n) is 7.25. The lowest BCUT2D eigenvalue weighted by Gasteiger charge is -2.21. The van der Waals surface area contributed by atoms with Crippen molar-refractivity contribution in [1.29, 1.82) is 0 Å². The maximum atomic E-state index is 14.3. The summed E-state index contributed by atoms with van der Waals surface area (Å²) in [6.07, 6.45) is 1.75. The molecule has 0 saturated heterocycles. The Morgan fingerprint density at radius 3 is 2.71 bits per heavy atom. The van der Waals surface area contributed by atoms with Gasteiger partial charge in [-0.3, -0.25) is 4.98 Å². The Morgan fingerprint density at radius 1 is 1.29 bits per heavy atom. The fourth-order valence-electron chi connectivity index (χ4n) is 2.35. The third-order valence-electron chi connectivity index (χ3n) is 3.52. The van der Waals surface area contributed by atoms with Gasteiger partial charge in [-0.15, -0.1) is 0 Å². The van der Waals surface area contributed by atoms with Crippen molar-refractivity contribution in [3.8, 4) is 0 Å². The number of pyridine rings is 1. The maximum absolute atomic E-state index is 14.3. The molecule has 3 nitrogen and oxygen atoms in total. The summed E-state index contributed by atoms with van der Waals surface area (Å²) in [5.74, 6) is -0.198. The van der Waals surface area contributed by atoms with Crippen LogP contribution < -0.4 is 10.2 Å². The van der Waals surface area contributed by atoms with E-state index in [2.05, 4.69) is 10.3 Å². The number of aromatic nitrogens is 1. The second kappa shape index (κ2) is 7.18. The normalized spacial score (nSPS) is 12.2. The van der Waals surface area contributed by atoms with Crippen molar-refractivity contribution in [2.24, 2.45) is 0 Å². The van der Waals surface area contributed by atoms with E-state index in [0.717, 1.165) is 17.8 Å². The third-order valence-corrected chi connectivity index (χ3v) is 3.52. The van der Waals surface area contributed by atoms with Crippen molar-refractivity contribution < 1.29 is 4.39 Å². The smallest absolute Gasteiger partial charge is 0.146 e. The van der Waals surface area contributed by atoms with Gasteiger partial charge in [0.1, 0.15) is 5.82 Å². The van der Waals surface area contributed by atoms with Crippen LogP contribution in [0.4, 0.5) is 10.1 Å². The highest BCUT2D eigenvalue weighted by atomic mass is 19.1. The molecule has 0 saturated carbocycles. The Bertz CT molecular complexity index is 572. The molecule has 0 aliphatic rings. The molecule has 1 N–H and O–H groups in total. The molecule has 0 amide bonds. The largest absolute Gasteiger partial charge is 0.366 e. The Labute approximate surface area is 125 Å². The van der Waals surface area contributed by atoms with Crippen LogP contribution in [0.3, 0.4) is 0 Å². The van der Waals surface area contributed by atoms with E-state index in [9.17, 15) is 4.39 Å². The van der Waals surface area contributed by atoms with E-state index < -0.39 is 0 Å². The van der Waals surface area contributed by atoms with Crippen molar-refractivity contribution in [2.75, 3.05) is 18.5 Å².